The number of sulfonamides is 1. The van der Waals surface area contributed by atoms with Gasteiger partial charge in [0.15, 0.2) is 18.1 Å². The molecule has 1 heterocycles. The van der Waals surface area contributed by atoms with Gasteiger partial charge in [0.2, 0.25) is 10.0 Å². The molecule has 172 valence electrons. The van der Waals surface area contributed by atoms with E-state index < -0.39 is 15.9 Å². The molecule has 2 aromatic rings. The van der Waals surface area contributed by atoms with Crippen LogP contribution in [0.15, 0.2) is 53.9 Å². The van der Waals surface area contributed by atoms with Crippen molar-refractivity contribution >= 4 is 21.6 Å². The summed E-state index contributed by atoms with van der Waals surface area (Å²) in [5.74, 6) is 0.544. The van der Waals surface area contributed by atoms with Crippen LogP contribution in [0.25, 0.3) is 0 Å². The lowest BCUT2D eigenvalue weighted by Gasteiger charge is -2.26. The maximum Gasteiger partial charge on any atom is 0.262 e. The maximum atomic E-state index is 13.0. The summed E-state index contributed by atoms with van der Waals surface area (Å²) >= 11 is 0. The summed E-state index contributed by atoms with van der Waals surface area (Å²) in [6.07, 6.45) is 2.48. The second-order valence-corrected chi connectivity index (χ2v) is 9.22. The molecule has 2 aromatic carbocycles. The van der Waals surface area contributed by atoms with Crippen molar-refractivity contribution in [2.24, 2.45) is 0 Å². The number of carbonyl (C=O) groups is 1. The van der Waals surface area contributed by atoms with Crippen molar-refractivity contribution in [3.05, 3.63) is 60.2 Å². The van der Waals surface area contributed by atoms with Crippen LogP contribution in [0.4, 0.5) is 5.69 Å². The Balaban J connectivity index is 1.68. The van der Waals surface area contributed by atoms with E-state index in [0.29, 0.717) is 55.5 Å². The van der Waals surface area contributed by atoms with Crippen LogP contribution >= 0.6 is 0 Å². The molecule has 0 unspecified atom stereocenters. The van der Waals surface area contributed by atoms with Crippen molar-refractivity contribution in [2.45, 2.75) is 18.2 Å². The third kappa shape index (κ3) is 5.67. The van der Waals surface area contributed by atoms with Crippen molar-refractivity contribution in [3.63, 3.8) is 0 Å². The molecule has 0 atom stereocenters. The van der Waals surface area contributed by atoms with E-state index in [1.165, 1.54) is 17.5 Å². The van der Waals surface area contributed by atoms with Gasteiger partial charge in [-0.1, -0.05) is 18.2 Å². The number of benzene rings is 2. The summed E-state index contributed by atoms with van der Waals surface area (Å²) in [5, 5.41) is 2.70. The Morgan fingerprint density at radius 3 is 2.62 bits per heavy atom. The minimum atomic E-state index is -3.68. The molecular weight excluding hydrogens is 432 g/mol. The zero-order valence-electron chi connectivity index (χ0n) is 18.3. The van der Waals surface area contributed by atoms with Crippen LogP contribution < -0.4 is 14.8 Å². The first-order valence-corrected chi connectivity index (χ1v) is 11.7. The fourth-order valence-electron chi connectivity index (χ4n) is 3.35. The molecule has 0 aliphatic carbocycles. The van der Waals surface area contributed by atoms with Gasteiger partial charge in [-0.05, 0) is 48.7 Å². The van der Waals surface area contributed by atoms with Gasteiger partial charge in [0, 0.05) is 18.8 Å². The number of hydrogen-bond acceptors (Lipinski definition) is 6. The number of amides is 1. The van der Waals surface area contributed by atoms with Gasteiger partial charge >= 0.3 is 0 Å². The number of methoxy groups -OCH3 is 1. The fraction of sp³-hybridized carbons (Fsp3) is 0.348. The summed E-state index contributed by atoms with van der Waals surface area (Å²) in [6, 6.07) is 10.3. The van der Waals surface area contributed by atoms with Gasteiger partial charge < -0.3 is 19.5 Å². The van der Waals surface area contributed by atoms with Gasteiger partial charge in [0.1, 0.15) is 0 Å². The Morgan fingerprint density at radius 1 is 1.19 bits per heavy atom. The number of morpholine rings is 1. The van der Waals surface area contributed by atoms with Crippen molar-refractivity contribution in [1.29, 1.82) is 0 Å². The van der Waals surface area contributed by atoms with Crippen molar-refractivity contribution < 1.29 is 27.4 Å². The highest BCUT2D eigenvalue weighted by Gasteiger charge is 2.28. The highest BCUT2D eigenvalue weighted by Crippen LogP contribution is 2.28. The number of nitrogens with one attached hydrogen (secondary N) is 1. The van der Waals surface area contributed by atoms with E-state index >= 15 is 0 Å². The van der Waals surface area contributed by atoms with E-state index in [1.807, 2.05) is 12.1 Å². The van der Waals surface area contributed by atoms with Gasteiger partial charge in [-0.3, -0.25) is 4.79 Å². The van der Waals surface area contributed by atoms with Gasteiger partial charge in [0.05, 0.1) is 25.2 Å². The predicted molar refractivity (Wildman–Crippen MR) is 122 cm³/mol. The van der Waals surface area contributed by atoms with E-state index in [2.05, 4.69) is 11.9 Å². The summed E-state index contributed by atoms with van der Waals surface area (Å²) in [5.41, 5.74) is 2.00. The van der Waals surface area contributed by atoms with Gasteiger partial charge in [0.25, 0.3) is 5.91 Å². The molecule has 0 saturated carbocycles. The summed E-state index contributed by atoms with van der Waals surface area (Å²) < 4.78 is 43.6. The molecule has 1 N–H and O–H groups in total. The quantitative estimate of drug-likeness (QED) is 0.579. The number of nitrogens with zero attached hydrogens (tertiary/aromatic N) is 1. The largest absolute Gasteiger partial charge is 0.493 e. The molecule has 1 saturated heterocycles. The molecule has 8 nitrogen and oxygen atoms in total. The molecule has 1 aliphatic rings. The molecule has 0 radical (unpaired) electrons. The van der Waals surface area contributed by atoms with Gasteiger partial charge in [-0.15, -0.1) is 6.58 Å². The van der Waals surface area contributed by atoms with E-state index in [1.54, 1.807) is 31.2 Å². The van der Waals surface area contributed by atoms with Crippen molar-refractivity contribution in [3.8, 4) is 11.5 Å². The van der Waals surface area contributed by atoms with E-state index in [0.717, 1.165) is 5.56 Å². The zero-order valence-corrected chi connectivity index (χ0v) is 19.1. The smallest absolute Gasteiger partial charge is 0.262 e. The third-order valence-corrected chi connectivity index (χ3v) is 7.07. The number of hydrogen-bond donors (Lipinski definition) is 1. The summed E-state index contributed by atoms with van der Waals surface area (Å²) in [7, 11) is -2.15. The molecule has 1 amide bonds. The SMILES string of the molecule is C=CCc1ccc(OCC(=O)Nc2ccc(C)c(S(=O)(=O)N3CCOCC3)c2)c(OC)c1. The summed E-state index contributed by atoms with van der Waals surface area (Å²) in [6.45, 7) is 6.53. The Bertz CT molecular complexity index is 1080. The van der Waals surface area contributed by atoms with Crippen LogP contribution in [0.3, 0.4) is 0 Å². The highest BCUT2D eigenvalue weighted by molar-refractivity contribution is 7.89. The molecular formula is C23H28N2O6S. The third-order valence-electron chi connectivity index (χ3n) is 5.03. The van der Waals surface area contributed by atoms with Crippen molar-refractivity contribution in [1.82, 2.24) is 4.31 Å². The van der Waals surface area contributed by atoms with Crippen LogP contribution in [-0.4, -0.2) is 58.7 Å². The van der Waals surface area contributed by atoms with Crippen LogP contribution in [0.5, 0.6) is 11.5 Å². The first kappa shape index (κ1) is 23.8. The lowest BCUT2D eigenvalue weighted by molar-refractivity contribution is -0.118. The monoisotopic (exact) mass is 460 g/mol. The molecule has 9 heteroatoms. The fourth-order valence-corrected chi connectivity index (χ4v) is 5.01. The first-order valence-electron chi connectivity index (χ1n) is 10.2. The standard InChI is InChI=1S/C23H28N2O6S/c1-4-5-18-7-9-20(21(14-18)29-3)31-16-23(26)24-19-8-6-17(2)22(15-19)32(27,28)25-10-12-30-13-11-25/h4,6-9,14-15H,1,5,10-13,16H2,2-3H3,(H,24,26). The Hall–Kier alpha value is -2.88. The lowest BCUT2D eigenvalue weighted by atomic mass is 10.1. The average Bonchev–Trinajstić information content (AvgIpc) is 2.80. The average molecular weight is 461 g/mol. The van der Waals surface area contributed by atoms with E-state index in [4.69, 9.17) is 14.2 Å². The molecule has 32 heavy (non-hydrogen) atoms. The minimum absolute atomic E-state index is 0.164. The number of carbonyl (C=O) groups excluding carboxylic acids is 1. The normalized spacial score (nSPS) is 14.6. The van der Waals surface area contributed by atoms with E-state index in [-0.39, 0.29) is 11.5 Å². The van der Waals surface area contributed by atoms with E-state index in [9.17, 15) is 13.2 Å². The van der Waals surface area contributed by atoms with Crippen LogP contribution in [0.2, 0.25) is 0 Å². The van der Waals surface area contributed by atoms with Crippen LogP contribution in [0.1, 0.15) is 11.1 Å². The first-order chi connectivity index (χ1) is 15.3. The highest BCUT2D eigenvalue weighted by atomic mass is 32.2. The number of anilines is 1. The van der Waals surface area contributed by atoms with Crippen molar-refractivity contribution in [2.75, 3.05) is 45.3 Å². The number of ether oxygens (including phenoxy) is 3. The maximum absolute atomic E-state index is 13.0. The number of allylic oxidation sites excluding steroid dienone is 1. The molecule has 1 aliphatic heterocycles. The molecule has 0 aromatic heterocycles. The van der Waals surface area contributed by atoms with Crippen LogP contribution in [0, 0.1) is 6.92 Å². The zero-order chi connectivity index (χ0) is 23.1. The van der Waals surface area contributed by atoms with Gasteiger partial charge in [-0.2, -0.15) is 4.31 Å². The number of rotatable bonds is 9. The minimum Gasteiger partial charge on any atom is -0.493 e. The molecule has 1 fully saturated rings. The predicted octanol–water partition coefficient (Wildman–Crippen LogP) is 2.77. The summed E-state index contributed by atoms with van der Waals surface area (Å²) in [4.78, 5) is 12.6. The Kier molecular flexibility index (Phi) is 7.89. The van der Waals surface area contributed by atoms with Crippen LogP contribution in [-0.2, 0) is 26.0 Å². The lowest BCUT2D eigenvalue weighted by Crippen LogP contribution is -2.40. The molecule has 0 spiro atoms. The molecule has 3 rings (SSSR count). The number of aryl methyl sites for hydroxylation is 1. The second-order valence-electron chi connectivity index (χ2n) is 7.31. The topological polar surface area (TPSA) is 94.2 Å². The second kappa shape index (κ2) is 10.6. The van der Waals surface area contributed by atoms with Gasteiger partial charge in [-0.25, -0.2) is 8.42 Å². The molecule has 0 bridgehead atoms. The Labute approximate surface area is 188 Å². The Morgan fingerprint density at radius 2 is 1.94 bits per heavy atom.